The molecule has 1 radical (unpaired) electrons. The Morgan fingerprint density at radius 2 is 2.09 bits per heavy atom. The van der Waals surface area contributed by atoms with E-state index in [1.807, 2.05) is 0 Å². The van der Waals surface area contributed by atoms with Crippen molar-refractivity contribution in [1.29, 1.82) is 0 Å². The average Bonchev–Trinajstić information content (AvgIpc) is 2.04. The molecule has 11 heavy (non-hydrogen) atoms. The predicted molar refractivity (Wildman–Crippen MR) is 40.5 cm³/mol. The van der Waals surface area contributed by atoms with Gasteiger partial charge in [-0.3, -0.25) is 0 Å². The van der Waals surface area contributed by atoms with E-state index >= 15 is 0 Å². The number of carbonyl (C=O) groups is 1. The van der Waals surface area contributed by atoms with Crippen LogP contribution in [0.1, 0.15) is 10.4 Å². The number of ether oxygens (including phenoxy) is 1. The van der Waals surface area contributed by atoms with E-state index in [0.717, 1.165) is 0 Å². The van der Waals surface area contributed by atoms with E-state index in [1.54, 1.807) is 24.3 Å². The third-order valence-electron chi connectivity index (χ3n) is 1.33. The predicted octanol–water partition coefficient (Wildman–Crippen LogP) is 1.39. The zero-order chi connectivity index (χ0) is 8.27. The Kier molecular flexibility index (Phi) is 2.11. The Labute approximate surface area is 64.8 Å². The highest BCUT2D eigenvalue weighted by Crippen LogP contribution is 2.12. The molecular formula is C8H8NO2. The molecule has 3 heteroatoms. The van der Waals surface area contributed by atoms with Gasteiger partial charge in [0, 0.05) is 0 Å². The van der Waals surface area contributed by atoms with Crippen LogP contribution in [0.4, 0.5) is 5.69 Å². The van der Waals surface area contributed by atoms with Crippen molar-refractivity contribution in [2.45, 2.75) is 0 Å². The fraction of sp³-hybridized carbons (Fsp3) is 0.125. The number of rotatable bonds is 1. The number of esters is 1. The van der Waals surface area contributed by atoms with Gasteiger partial charge in [0.05, 0.1) is 18.4 Å². The molecular weight excluding hydrogens is 142 g/mol. The summed E-state index contributed by atoms with van der Waals surface area (Å²) in [6.07, 6.45) is 0. The van der Waals surface area contributed by atoms with Gasteiger partial charge in [-0.05, 0) is 12.1 Å². The van der Waals surface area contributed by atoms with Crippen molar-refractivity contribution in [2.75, 3.05) is 7.11 Å². The Bertz CT molecular complexity index is 271. The second-order valence-electron chi connectivity index (χ2n) is 2.04. The summed E-state index contributed by atoms with van der Waals surface area (Å²) >= 11 is 0. The molecule has 3 nitrogen and oxygen atoms in total. The lowest BCUT2D eigenvalue weighted by Crippen LogP contribution is -2.01. The lowest BCUT2D eigenvalue weighted by atomic mass is 10.2. The van der Waals surface area contributed by atoms with Gasteiger partial charge in [-0.15, -0.1) is 0 Å². The zero-order valence-electron chi connectivity index (χ0n) is 6.13. The van der Waals surface area contributed by atoms with Gasteiger partial charge in [0.1, 0.15) is 0 Å². The van der Waals surface area contributed by atoms with Crippen LogP contribution in [-0.2, 0) is 4.74 Å². The third kappa shape index (κ3) is 1.49. The SMILES string of the molecule is COC(=O)c1ccccc1[NH]. The largest absolute Gasteiger partial charge is 0.465 e. The van der Waals surface area contributed by atoms with Crippen LogP contribution < -0.4 is 5.73 Å². The van der Waals surface area contributed by atoms with Gasteiger partial charge in [0.2, 0.25) is 0 Å². The van der Waals surface area contributed by atoms with Gasteiger partial charge in [-0.1, -0.05) is 12.1 Å². The minimum Gasteiger partial charge on any atom is -0.465 e. The Morgan fingerprint density at radius 1 is 1.45 bits per heavy atom. The van der Waals surface area contributed by atoms with Crippen molar-refractivity contribution in [1.82, 2.24) is 5.73 Å². The number of methoxy groups -OCH3 is 1. The topological polar surface area (TPSA) is 50.1 Å². The number of hydrogen-bond donors (Lipinski definition) is 0. The summed E-state index contributed by atoms with van der Waals surface area (Å²) in [7, 11) is 1.30. The molecule has 1 N–H and O–H groups in total. The number of carbonyl (C=O) groups excluding carboxylic acids is 1. The molecule has 1 rings (SSSR count). The summed E-state index contributed by atoms with van der Waals surface area (Å²) in [6.45, 7) is 0. The quantitative estimate of drug-likeness (QED) is 0.568. The highest BCUT2D eigenvalue weighted by molar-refractivity contribution is 5.94. The Hall–Kier alpha value is -1.51. The first-order valence-corrected chi connectivity index (χ1v) is 3.14. The molecule has 0 saturated carbocycles. The van der Waals surface area contributed by atoms with E-state index < -0.39 is 5.97 Å². The fourth-order valence-electron chi connectivity index (χ4n) is 0.771. The standard InChI is InChI=1S/C8H8NO2/c1-11-8(10)6-4-2-3-5-7(6)9/h2-5,9H,1H3. The van der Waals surface area contributed by atoms with Crippen LogP contribution in [-0.4, -0.2) is 13.1 Å². The van der Waals surface area contributed by atoms with Crippen molar-refractivity contribution >= 4 is 11.7 Å². The van der Waals surface area contributed by atoms with Gasteiger partial charge in [-0.25, -0.2) is 4.79 Å². The molecule has 0 aliphatic heterocycles. The molecule has 1 aromatic rings. The van der Waals surface area contributed by atoms with Crippen LogP contribution in [0.2, 0.25) is 0 Å². The molecule has 0 unspecified atom stereocenters. The maximum Gasteiger partial charge on any atom is 0.340 e. The summed E-state index contributed by atoms with van der Waals surface area (Å²) in [5.41, 5.74) is 7.80. The third-order valence-corrected chi connectivity index (χ3v) is 1.33. The molecule has 0 bridgehead atoms. The molecule has 0 saturated heterocycles. The van der Waals surface area contributed by atoms with Gasteiger partial charge < -0.3 is 10.5 Å². The van der Waals surface area contributed by atoms with E-state index in [-0.39, 0.29) is 5.69 Å². The normalized spacial score (nSPS) is 9.18. The maximum atomic E-state index is 10.9. The smallest absolute Gasteiger partial charge is 0.340 e. The van der Waals surface area contributed by atoms with Crippen molar-refractivity contribution in [3.8, 4) is 0 Å². The molecule has 0 aromatic heterocycles. The highest BCUT2D eigenvalue weighted by atomic mass is 16.5. The molecule has 0 spiro atoms. The second kappa shape index (κ2) is 3.05. The first-order valence-electron chi connectivity index (χ1n) is 3.14. The summed E-state index contributed by atoms with van der Waals surface area (Å²) in [5.74, 6) is -0.462. The van der Waals surface area contributed by atoms with Gasteiger partial charge in [-0.2, -0.15) is 0 Å². The van der Waals surface area contributed by atoms with Crippen molar-refractivity contribution in [2.24, 2.45) is 0 Å². The van der Waals surface area contributed by atoms with Gasteiger partial charge in [0.15, 0.2) is 0 Å². The summed E-state index contributed by atoms with van der Waals surface area (Å²) in [5, 5.41) is 0. The molecule has 1 aromatic carbocycles. The van der Waals surface area contributed by atoms with Crippen LogP contribution >= 0.6 is 0 Å². The van der Waals surface area contributed by atoms with Gasteiger partial charge in [0.25, 0.3) is 0 Å². The first kappa shape index (κ1) is 7.60. The molecule has 0 aliphatic carbocycles. The molecule has 0 heterocycles. The van der Waals surface area contributed by atoms with E-state index in [1.165, 1.54) is 7.11 Å². The minimum atomic E-state index is -0.462. The molecule has 0 amide bonds. The van der Waals surface area contributed by atoms with Crippen LogP contribution in [0.3, 0.4) is 0 Å². The fourth-order valence-corrected chi connectivity index (χ4v) is 0.771. The number of hydrogen-bond acceptors (Lipinski definition) is 2. The average molecular weight is 150 g/mol. The maximum absolute atomic E-state index is 10.9. The molecule has 0 fully saturated rings. The van der Waals surface area contributed by atoms with Crippen molar-refractivity contribution in [3.63, 3.8) is 0 Å². The number of benzene rings is 1. The lowest BCUT2D eigenvalue weighted by molar-refractivity contribution is 0.0601. The highest BCUT2D eigenvalue weighted by Gasteiger charge is 2.07. The van der Waals surface area contributed by atoms with E-state index in [0.29, 0.717) is 5.56 Å². The van der Waals surface area contributed by atoms with E-state index in [4.69, 9.17) is 5.73 Å². The summed E-state index contributed by atoms with van der Waals surface area (Å²) in [6, 6.07) is 6.51. The van der Waals surface area contributed by atoms with Crippen LogP contribution in [0, 0.1) is 0 Å². The van der Waals surface area contributed by atoms with Crippen LogP contribution in [0.15, 0.2) is 24.3 Å². The molecule has 0 aliphatic rings. The van der Waals surface area contributed by atoms with E-state index in [2.05, 4.69) is 4.74 Å². The van der Waals surface area contributed by atoms with Crippen LogP contribution in [0.5, 0.6) is 0 Å². The Balaban J connectivity index is 3.03. The minimum absolute atomic E-state index is 0.194. The second-order valence-corrected chi connectivity index (χ2v) is 2.04. The van der Waals surface area contributed by atoms with Gasteiger partial charge >= 0.3 is 5.97 Å². The Morgan fingerprint density at radius 3 is 2.64 bits per heavy atom. The zero-order valence-corrected chi connectivity index (χ0v) is 6.13. The van der Waals surface area contributed by atoms with E-state index in [9.17, 15) is 4.79 Å². The molecule has 0 atom stereocenters. The van der Waals surface area contributed by atoms with Crippen molar-refractivity contribution < 1.29 is 9.53 Å². The number of nitrogens with one attached hydrogen (secondary N) is 1. The van der Waals surface area contributed by atoms with Crippen molar-refractivity contribution in [3.05, 3.63) is 29.8 Å². The first-order chi connectivity index (χ1) is 5.25. The lowest BCUT2D eigenvalue weighted by Gasteiger charge is -1.99. The summed E-state index contributed by atoms with van der Waals surface area (Å²) < 4.78 is 4.46. The monoisotopic (exact) mass is 150 g/mol. The molecule has 57 valence electrons. The summed E-state index contributed by atoms with van der Waals surface area (Å²) in [4.78, 5) is 10.9. The van der Waals surface area contributed by atoms with Crippen LogP contribution in [0.25, 0.3) is 0 Å².